The summed E-state index contributed by atoms with van der Waals surface area (Å²) in [6, 6.07) is 0. The van der Waals surface area contributed by atoms with Crippen molar-refractivity contribution in [3.8, 4) is 0 Å². The lowest BCUT2D eigenvalue weighted by Crippen LogP contribution is -2.43. The van der Waals surface area contributed by atoms with Crippen LogP contribution in [0.15, 0.2) is 17.4 Å². The molecule has 0 aromatic carbocycles. The summed E-state index contributed by atoms with van der Waals surface area (Å²) in [5, 5.41) is 6.71. The summed E-state index contributed by atoms with van der Waals surface area (Å²) < 4.78 is 2.37. The maximum Gasteiger partial charge on any atom is 0.191 e. The molecule has 0 bridgehead atoms. The quantitative estimate of drug-likeness (QED) is 0.360. The molecule has 2 N–H and O–H groups in total. The predicted molar refractivity (Wildman–Crippen MR) is 113 cm³/mol. The molecule has 0 amide bonds. The fourth-order valence-corrected chi connectivity index (χ4v) is 2.13. The molecule has 23 heavy (non-hydrogen) atoms. The minimum Gasteiger partial charge on any atom is -0.357 e. The van der Waals surface area contributed by atoms with Crippen LogP contribution in [0.1, 0.15) is 40.4 Å². The van der Waals surface area contributed by atoms with Crippen LogP contribution in [-0.2, 0) is 13.1 Å². The fraction of sp³-hybridized carbons (Fsp3) is 0.750. The van der Waals surface area contributed by atoms with Gasteiger partial charge in [0.1, 0.15) is 12.4 Å². The molecule has 0 spiro atoms. The molecule has 1 heterocycles. The number of thioether (sulfide) groups is 1. The second-order valence-corrected chi connectivity index (χ2v) is 7.92. The Bertz CT molecular complexity index is 471. The standard InChI is InChI=1S/C16H31N5S.HI/c1-7-17-15(20-12-16(4,5)22-6)19-10-14-18-8-9-21(14)11-13(2)3;/h8-9,13H,7,10-12H2,1-6H3,(H2,17,19,20);1H. The Morgan fingerprint density at radius 3 is 2.65 bits per heavy atom. The highest BCUT2D eigenvalue weighted by Gasteiger charge is 2.16. The van der Waals surface area contributed by atoms with Gasteiger partial charge >= 0.3 is 0 Å². The summed E-state index contributed by atoms with van der Waals surface area (Å²) >= 11 is 1.85. The first-order valence-electron chi connectivity index (χ1n) is 7.95. The predicted octanol–water partition coefficient (Wildman–Crippen LogP) is 3.35. The first-order chi connectivity index (χ1) is 10.4. The van der Waals surface area contributed by atoms with Crippen LogP contribution >= 0.6 is 35.7 Å². The molecule has 0 aliphatic carbocycles. The van der Waals surface area contributed by atoms with Crippen LogP contribution in [0.25, 0.3) is 0 Å². The van der Waals surface area contributed by atoms with Gasteiger partial charge in [-0.2, -0.15) is 11.8 Å². The average Bonchev–Trinajstić information content (AvgIpc) is 2.88. The number of nitrogens with one attached hydrogen (secondary N) is 2. The molecule has 0 aliphatic rings. The minimum absolute atomic E-state index is 0. The normalized spacial score (nSPS) is 12.2. The Hall–Kier alpha value is -0.440. The topological polar surface area (TPSA) is 54.2 Å². The minimum atomic E-state index is 0. The molecule has 0 unspecified atom stereocenters. The number of guanidine groups is 1. The number of aliphatic imine (C=N–C) groups is 1. The summed E-state index contributed by atoms with van der Waals surface area (Å²) in [5.74, 6) is 2.46. The summed E-state index contributed by atoms with van der Waals surface area (Å²) in [6.45, 7) is 14.3. The fourth-order valence-electron chi connectivity index (χ4n) is 1.91. The van der Waals surface area contributed by atoms with Gasteiger partial charge in [0.15, 0.2) is 5.96 Å². The van der Waals surface area contributed by atoms with Crippen LogP contribution in [0.2, 0.25) is 0 Å². The number of hydrogen-bond acceptors (Lipinski definition) is 3. The van der Waals surface area contributed by atoms with E-state index in [2.05, 4.69) is 66.1 Å². The van der Waals surface area contributed by atoms with E-state index in [-0.39, 0.29) is 28.7 Å². The molecule has 0 saturated heterocycles. The number of nitrogens with zero attached hydrogens (tertiary/aromatic N) is 3. The molecule has 1 aromatic rings. The second-order valence-electron chi connectivity index (χ2n) is 6.40. The smallest absolute Gasteiger partial charge is 0.191 e. The van der Waals surface area contributed by atoms with Gasteiger partial charge in [0, 0.05) is 36.8 Å². The number of rotatable bonds is 8. The van der Waals surface area contributed by atoms with Crippen molar-refractivity contribution in [1.82, 2.24) is 20.2 Å². The number of hydrogen-bond donors (Lipinski definition) is 2. The maximum absolute atomic E-state index is 4.66. The van der Waals surface area contributed by atoms with Gasteiger partial charge in [-0.3, -0.25) is 0 Å². The van der Waals surface area contributed by atoms with E-state index in [4.69, 9.17) is 0 Å². The van der Waals surface area contributed by atoms with E-state index >= 15 is 0 Å². The van der Waals surface area contributed by atoms with E-state index in [1.54, 1.807) is 0 Å². The van der Waals surface area contributed by atoms with Crippen molar-refractivity contribution in [3.05, 3.63) is 18.2 Å². The second kappa shape index (κ2) is 11.2. The molecule has 7 heteroatoms. The van der Waals surface area contributed by atoms with Crippen LogP contribution in [0.5, 0.6) is 0 Å². The third kappa shape index (κ3) is 8.83. The third-order valence-corrected chi connectivity index (χ3v) is 4.57. The van der Waals surface area contributed by atoms with Crippen molar-refractivity contribution in [2.24, 2.45) is 10.9 Å². The lowest BCUT2D eigenvalue weighted by atomic mass is 10.2. The van der Waals surface area contributed by atoms with Crippen molar-refractivity contribution in [2.45, 2.75) is 52.5 Å². The molecule has 5 nitrogen and oxygen atoms in total. The molecule has 0 fully saturated rings. The van der Waals surface area contributed by atoms with Crippen molar-refractivity contribution in [2.75, 3.05) is 19.3 Å². The summed E-state index contributed by atoms with van der Waals surface area (Å²) in [6.07, 6.45) is 6.01. The zero-order valence-corrected chi connectivity index (χ0v) is 18.4. The van der Waals surface area contributed by atoms with Crippen molar-refractivity contribution < 1.29 is 0 Å². The van der Waals surface area contributed by atoms with Crippen molar-refractivity contribution >= 4 is 41.7 Å². The van der Waals surface area contributed by atoms with E-state index in [0.29, 0.717) is 12.5 Å². The van der Waals surface area contributed by atoms with Crippen LogP contribution in [-0.4, -0.2) is 39.6 Å². The Morgan fingerprint density at radius 1 is 1.39 bits per heavy atom. The summed E-state index contributed by atoms with van der Waals surface area (Å²) in [5.41, 5.74) is 0. The van der Waals surface area contributed by atoms with E-state index in [9.17, 15) is 0 Å². The average molecular weight is 453 g/mol. The third-order valence-electron chi connectivity index (χ3n) is 3.32. The summed E-state index contributed by atoms with van der Waals surface area (Å²) in [4.78, 5) is 9.09. The van der Waals surface area contributed by atoms with E-state index in [1.165, 1.54) is 0 Å². The lowest BCUT2D eigenvalue weighted by molar-refractivity contribution is 0.507. The van der Waals surface area contributed by atoms with Crippen molar-refractivity contribution in [3.63, 3.8) is 0 Å². The van der Waals surface area contributed by atoms with Gasteiger partial charge in [-0.05, 0) is 32.9 Å². The zero-order chi connectivity index (χ0) is 16.6. The lowest BCUT2D eigenvalue weighted by Gasteiger charge is -2.23. The Kier molecular flexibility index (Phi) is 11.0. The van der Waals surface area contributed by atoms with E-state index < -0.39 is 0 Å². The SMILES string of the molecule is CCNC(=NCc1nccn1CC(C)C)NCC(C)(C)SC.I. The van der Waals surface area contributed by atoms with Gasteiger partial charge < -0.3 is 15.2 Å². The van der Waals surface area contributed by atoms with Gasteiger partial charge in [0.05, 0.1) is 0 Å². The molecule has 1 rings (SSSR count). The van der Waals surface area contributed by atoms with Gasteiger partial charge in [-0.25, -0.2) is 9.98 Å². The van der Waals surface area contributed by atoms with Gasteiger partial charge in [0.25, 0.3) is 0 Å². The van der Waals surface area contributed by atoms with Gasteiger partial charge in [-0.15, -0.1) is 24.0 Å². The molecule has 0 atom stereocenters. The number of halogens is 1. The molecule has 0 saturated carbocycles. The largest absolute Gasteiger partial charge is 0.357 e. The van der Waals surface area contributed by atoms with Crippen LogP contribution < -0.4 is 10.6 Å². The molecule has 1 aromatic heterocycles. The monoisotopic (exact) mass is 453 g/mol. The Labute approximate surface area is 162 Å². The van der Waals surface area contributed by atoms with Gasteiger partial charge in [-0.1, -0.05) is 13.8 Å². The Morgan fingerprint density at radius 2 is 2.09 bits per heavy atom. The highest BCUT2D eigenvalue weighted by molar-refractivity contribution is 14.0. The van der Waals surface area contributed by atoms with Gasteiger partial charge in [0.2, 0.25) is 0 Å². The highest BCUT2D eigenvalue weighted by Crippen LogP contribution is 2.19. The first-order valence-corrected chi connectivity index (χ1v) is 9.17. The molecule has 134 valence electrons. The maximum atomic E-state index is 4.66. The Balaban J connectivity index is 0.00000484. The van der Waals surface area contributed by atoms with E-state index in [0.717, 1.165) is 31.4 Å². The zero-order valence-electron chi connectivity index (χ0n) is 15.2. The highest BCUT2D eigenvalue weighted by atomic mass is 127. The van der Waals surface area contributed by atoms with Crippen LogP contribution in [0.4, 0.5) is 0 Å². The van der Waals surface area contributed by atoms with Crippen molar-refractivity contribution in [1.29, 1.82) is 0 Å². The molecular formula is C16H32IN5S. The molecule has 0 radical (unpaired) electrons. The number of imidazole rings is 1. The van der Waals surface area contributed by atoms with Crippen LogP contribution in [0.3, 0.4) is 0 Å². The van der Waals surface area contributed by atoms with E-state index in [1.807, 2.05) is 24.2 Å². The summed E-state index contributed by atoms with van der Waals surface area (Å²) in [7, 11) is 0. The van der Waals surface area contributed by atoms with Crippen LogP contribution in [0, 0.1) is 5.92 Å². The number of aromatic nitrogens is 2. The molecular weight excluding hydrogens is 421 g/mol. The first kappa shape index (κ1) is 22.6. The molecule has 0 aliphatic heterocycles.